The monoisotopic (exact) mass is 345 g/mol. The third-order valence-electron chi connectivity index (χ3n) is 2.23. The maximum absolute atomic E-state index is 13.1. The molecule has 0 saturated heterocycles. The Morgan fingerprint density at radius 3 is 2.63 bits per heavy atom. The maximum Gasteiger partial charge on any atom is 0.311 e. The Morgan fingerprint density at radius 2 is 1.95 bits per heavy atom. The molecule has 0 aliphatic heterocycles. The lowest BCUT2D eigenvalue weighted by molar-refractivity contribution is -0.385. The van der Waals surface area contributed by atoms with Crippen LogP contribution in [0, 0.1) is 15.9 Å². The summed E-state index contributed by atoms with van der Waals surface area (Å²) in [7, 11) is 0. The number of ether oxygens (including phenoxy) is 1. The van der Waals surface area contributed by atoms with Crippen LogP contribution in [0.25, 0.3) is 0 Å². The summed E-state index contributed by atoms with van der Waals surface area (Å²) in [6, 6.07) is 7.76. The first kappa shape index (κ1) is 13.8. The zero-order chi connectivity index (χ0) is 14.0. The van der Waals surface area contributed by atoms with Crippen molar-refractivity contribution in [1.29, 1.82) is 0 Å². The highest BCUT2D eigenvalue weighted by Crippen LogP contribution is 2.36. The zero-order valence-corrected chi connectivity index (χ0v) is 11.6. The van der Waals surface area contributed by atoms with E-state index in [1.807, 2.05) is 0 Å². The first-order valence-corrected chi connectivity index (χ1v) is 6.21. The second-order valence-corrected chi connectivity index (χ2v) is 4.87. The molecule has 19 heavy (non-hydrogen) atoms. The summed E-state index contributed by atoms with van der Waals surface area (Å²) in [5.74, 6) is -0.638. The van der Waals surface area contributed by atoms with Gasteiger partial charge in [-0.25, -0.2) is 4.39 Å². The molecule has 0 heterocycles. The van der Waals surface area contributed by atoms with Crippen LogP contribution in [-0.4, -0.2) is 4.92 Å². The quantitative estimate of drug-likeness (QED) is 0.584. The second-order valence-electron chi connectivity index (χ2n) is 3.55. The molecule has 98 valence electrons. The molecule has 0 aromatic heterocycles. The Labute approximate surface area is 121 Å². The van der Waals surface area contributed by atoms with Crippen LogP contribution in [0.4, 0.5) is 10.1 Å². The smallest absolute Gasteiger partial charge is 0.311 e. The molecule has 2 aromatic rings. The van der Waals surface area contributed by atoms with Crippen LogP contribution in [0.5, 0.6) is 11.5 Å². The average Bonchev–Trinajstić information content (AvgIpc) is 2.33. The molecule has 0 spiro atoms. The number of halogens is 3. The molecule has 0 atom stereocenters. The molecule has 0 amide bonds. The molecule has 0 N–H and O–H groups in total. The minimum atomic E-state index is -0.652. The Kier molecular flexibility index (Phi) is 4.01. The molecule has 0 bridgehead atoms. The lowest BCUT2D eigenvalue weighted by atomic mass is 10.3. The van der Waals surface area contributed by atoms with E-state index in [0.717, 1.165) is 18.2 Å². The summed E-state index contributed by atoms with van der Waals surface area (Å²) in [4.78, 5) is 10.2. The maximum atomic E-state index is 13.1. The van der Waals surface area contributed by atoms with Crippen molar-refractivity contribution in [2.75, 3.05) is 0 Å². The standard InChI is InChI=1S/C12H6BrClFNO3/c13-7-1-3-9(14)11(5-7)19-12-6-8(15)2-4-10(12)16(17)18/h1-6H. The van der Waals surface area contributed by atoms with E-state index in [0.29, 0.717) is 4.47 Å². The van der Waals surface area contributed by atoms with Gasteiger partial charge in [0.25, 0.3) is 0 Å². The van der Waals surface area contributed by atoms with E-state index in [4.69, 9.17) is 16.3 Å². The number of nitro groups is 1. The van der Waals surface area contributed by atoms with Crippen molar-refractivity contribution in [2.45, 2.75) is 0 Å². The van der Waals surface area contributed by atoms with Gasteiger partial charge in [0.1, 0.15) is 11.6 Å². The summed E-state index contributed by atoms with van der Waals surface area (Å²) in [5.41, 5.74) is -0.336. The lowest BCUT2D eigenvalue weighted by Crippen LogP contribution is -1.94. The van der Waals surface area contributed by atoms with Crippen molar-refractivity contribution in [2.24, 2.45) is 0 Å². The lowest BCUT2D eigenvalue weighted by Gasteiger charge is -2.08. The number of nitrogens with zero attached hydrogens (tertiary/aromatic N) is 1. The minimum absolute atomic E-state index is 0.199. The predicted octanol–water partition coefficient (Wildman–Crippen LogP) is 4.94. The second kappa shape index (κ2) is 5.54. The minimum Gasteiger partial charge on any atom is -0.448 e. The average molecular weight is 347 g/mol. The molecule has 2 rings (SSSR count). The van der Waals surface area contributed by atoms with E-state index in [1.54, 1.807) is 12.1 Å². The molecule has 0 saturated carbocycles. The van der Waals surface area contributed by atoms with Gasteiger partial charge in [-0.3, -0.25) is 10.1 Å². The van der Waals surface area contributed by atoms with Crippen LogP contribution in [0.2, 0.25) is 5.02 Å². The van der Waals surface area contributed by atoms with Crippen molar-refractivity contribution in [3.63, 3.8) is 0 Å². The fourth-order valence-electron chi connectivity index (χ4n) is 1.39. The van der Waals surface area contributed by atoms with Gasteiger partial charge >= 0.3 is 5.69 Å². The zero-order valence-electron chi connectivity index (χ0n) is 9.27. The fraction of sp³-hybridized carbons (Fsp3) is 0. The van der Waals surface area contributed by atoms with E-state index in [2.05, 4.69) is 15.9 Å². The summed E-state index contributed by atoms with van der Waals surface area (Å²) >= 11 is 9.13. The highest BCUT2D eigenvalue weighted by molar-refractivity contribution is 9.10. The van der Waals surface area contributed by atoms with Crippen LogP contribution >= 0.6 is 27.5 Å². The number of hydrogen-bond donors (Lipinski definition) is 0. The SMILES string of the molecule is O=[N+]([O-])c1ccc(F)cc1Oc1cc(Br)ccc1Cl. The summed E-state index contributed by atoms with van der Waals surface area (Å²) in [6.07, 6.45) is 0. The van der Waals surface area contributed by atoms with Crippen molar-refractivity contribution < 1.29 is 14.1 Å². The highest BCUT2D eigenvalue weighted by Gasteiger charge is 2.17. The van der Waals surface area contributed by atoms with E-state index in [1.165, 1.54) is 6.07 Å². The topological polar surface area (TPSA) is 52.4 Å². The molecule has 7 heteroatoms. The molecule has 0 radical (unpaired) electrons. The van der Waals surface area contributed by atoms with Gasteiger partial charge in [-0.15, -0.1) is 0 Å². The summed E-state index contributed by atoms with van der Waals surface area (Å²) < 4.78 is 19.2. The summed E-state index contributed by atoms with van der Waals surface area (Å²) in [6.45, 7) is 0. The van der Waals surface area contributed by atoms with Gasteiger partial charge in [0.15, 0.2) is 0 Å². The number of benzene rings is 2. The van der Waals surface area contributed by atoms with Crippen molar-refractivity contribution in [1.82, 2.24) is 0 Å². The van der Waals surface area contributed by atoms with Gasteiger partial charge in [-0.1, -0.05) is 27.5 Å². The van der Waals surface area contributed by atoms with E-state index < -0.39 is 10.7 Å². The van der Waals surface area contributed by atoms with Crippen LogP contribution in [0.3, 0.4) is 0 Å². The summed E-state index contributed by atoms with van der Waals surface area (Å²) in [5, 5.41) is 11.1. The molecule has 0 aliphatic rings. The predicted molar refractivity (Wildman–Crippen MR) is 72.3 cm³/mol. The first-order chi connectivity index (χ1) is 8.97. The Balaban J connectivity index is 2.45. The van der Waals surface area contributed by atoms with Crippen LogP contribution in [0.1, 0.15) is 0 Å². The molecular weight excluding hydrogens is 340 g/mol. The molecule has 0 unspecified atom stereocenters. The van der Waals surface area contributed by atoms with Gasteiger partial charge in [0.2, 0.25) is 5.75 Å². The van der Waals surface area contributed by atoms with Crippen LogP contribution in [-0.2, 0) is 0 Å². The number of rotatable bonds is 3. The van der Waals surface area contributed by atoms with E-state index >= 15 is 0 Å². The van der Waals surface area contributed by atoms with Crippen molar-refractivity contribution in [3.05, 3.63) is 61.8 Å². The van der Waals surface area contributed by atoms with Crippen molar-refractivity contribution in [3.8, 4) is 11.5 Å². The van der Waals surface area contributed by atoms with E-state index in [9.17, 15) is 14.5 Å². The van der Waals surface area contributed by atoms with E-state index in [-0.39, 0.29) is 22.2 Å². The van der Waals surface area contributed by atoms with Gasteiger partial charge in [-0.05, 0) is 24.3 Å². The van der Waals surface area contributed by atoms with Gasteiger partial charge < -0.3 is 4.74 Å². The van der Waals surface area contributed by atoms with Gasteiger partial charge in [-0.2, -0.15) is 0 Å². The Bertz CT molecular complexity index is 651. The van der Waals surface area contributed by atoms with Gasteiger partial charge in [0.05, 0.1) is 9.95 Å². The van der Waals surface area contributed by atoms with Crippen LogP contribution < -0.4 is 4.74 Å². The Morgan fingerprint density at radius 1 is 1.21 bits per heavy atom. The molecule has 4 nitrogen and oxygen atoms in total. The Hall–Kier alpha value is -1.66. The van der Waals surface area contributed by atoms with Crippen LogP contribution in [0.15, 0.2) is 40.9 Å². The molecule has 2 aromatic carbocycles. The third kappa shape index (κ3) is 3.21. The number of nitro benzene ring substituents is 1. The van der Waals surface area contributed by atoms with Gasteiger partial charge in [0, 0.05) is 16.6 Å². The molecular formula is C12H6BrClFNO3. The number of hydrogen-bond acceptors (Lipinski definition) is 3. The fourth-order valence-corrected chi connectivity index (χ4v) is 1.89. The largest absolute Gasteiger partial charge is 0.448 e. The highest BCUT2D eigenvalue weighted by atomic mass is 79.9. The molecule has 0 fully saturated rings. The van der Waals surface area contributed by atoms with Crippen molar-refractivity contribution >= 4 is 33.2 Å². The third-order valence-corrected chi connectivity index (χ3v) is 3.04. The molecule has 0 aliphatic carbocycles. The first-order valence-electron chi connectivity index (χ1n) is 5.04. The normalized spacial score (nSPS) is 10.3.